The first-order valence-electron chi connectivity index (χ1n) is 14.0. The molecule has 0 spiro atoms. The van der Waals surface area contributed by atoms with E-state index < -0.39 is 23.2 Å². The summed E-state index contributed by atoms with van der Waals surface area (Å²) in [6.45, 7) is 4.74. The topological polar surface area (TPSA) is 140 Å². The molecule has 2 atom stereocenters. The van der Waals surface area contributed by atoms with Gasteiger partial charge < -0.3 is 24.0 Å². The first kappa shape index (κ1) is 27.2. The summed E-state index contributed by atoms with van der Waals surface area (Å²) in [5.74, 6) is 0.141. The van der Waals surface area contributed by atoms with Crippen LogP contribution in [0.2, 0.25) is 0 Å². The van der Waals surface area contributed by atoms with Crippen LogP contribution in [0.1, 0.15) is 36.6 Å². The molecule has 2 aliphatic rings. The Morgan fingerprint density at radius 1 is 1.19 bits per heavy atom. The van der Waals surface area contributed by atoms with Crippen LogP contribution in [0.4, 0.5) is 14.6 Å². The summed E-state index contributed by atoms with van der Waals surface area (Å²) in [5.41, 5.74) is -0.416. The first-order chi connectivity index (χ1) is 20.7. The highest BCUT2D eigenvalue weighted by Crippen LogP contribution is 2.41. The number of nitrogens with zero attached hydrogens (tertiary/aromatic N) is 5. The molecule has 7 rings (SSSR count). The molecular weight excluding hydrogens is 562 g/mol. The number of nitrogens with one attached hydrogen (secondary N) is 1. The lowest BCUT2D eigenvalue weighted by Crippen LogP contribution is -2.43. The SMILES string of the molecule is Cc1nnc(CNc2nc(OC[C@@]34CCCN3C[C@H](F)C4)nc3c(C)c(-c4cc(O)cc5cccc(F)c45)oc(=O)c23)o1. The minimum atomic E-state index is -0.927. The Labute approximate surface area is 243 Å². The van der Waals surface area contributed by atoms with Crippen molar-refractivity contribution in [2.45, 2.75) is 51.4 Å². The van der Waals surface area contributed by atoms with Gasteiger partial charge in [-0.1, -0.05) is 12.1 Å². The Bertz CT molecular complexity index is 1940. The predicted octanol–water partition coefficient (Wildman–Crippen LogP) is 4.82. The van der Waals surface area contributed by atoms with E-state index in [1.807, 2.05) is 0 Å². The van der Waals surface area contributed by atoms with Gasteiger partial charge in [-0.2, -0.15) is 9.97 Å². The van der Waals surface area contributed by atoms with Crippen LogP contribution in [0.25, 0.3) is 33.0 Å². The molecule has 13 heteroatoms. The lowest BCUT2D eigenvalue weighted by molar-refractivity contribution is 0.107. The number of aryl methyl sites for hydroxylation is 2. The minimum Gasteiger partial charge on any atom is -0.508 e. The zero-order valence-electron chi connectivity index (χ0n) is 23.5. The maximum atomic E-state index is 15.1. The summed E-state index contributed by atoms with van der Waals surface area (Å²) in [7, 11) is 0. The van der Waals surface area contributed by atoms with Crippen LogP contribution in [0.15, 0.2) is 44.0 Å². The molecule has 2 saturated heterocycles. The molecule has 2 N–H and O–H groups in total. The van der Waals surface area contributed by atoms with Gasteiger partial charge in [0.2, 0.25) is 11.8 Å². The van der Waals surface area contributed by atoms with Gasteiger partial charge in [-0.3, -0.25) is 4.90 Å². The largest absolute Gasteiger partial charge is 0.508 e. The molecule has 0 radical (unpaired) electrons. The normalized spacial score (nSPS) is 20.2. The molecule has 0 saturated carbocycles. The number of aromatic nitrogens is 4. The van der Waals surface area contributed by atoms with Crippen LogP contribution in [0.3, 0.4) is 0 Å². The molecule has 0 amide bonds. The standard InChI is InChI=1S/C30H28F2N6O5/c1-15-25-24(28(40)43-26(15)20-10-19(39)9-17-5-3-6-21(32)23(17)20)27(33-12-22-37-36-16(2)42-22)35-29(34-25)41-14-30-7-4-8-38(30)13-18(31)11-30/h3,5-6,9-10,18,39H,4,7-8,11-14H2,1-2H3,(H,33,34,35)/t18-,30+/m1/s1. The van der Waals surface area contributed by atoms with E-state index in [0.29, 0.717) is 29.8 Å². The number of phenols is 1. The molecule has 0 unspecified atom stereocenters. The van der Waals surface area contributed by atoms with Gasteiger partial charge in [-0.15, -0.1) is 10.2 Å². The number of phenolic OH excluding ortho intramolecular Hbond substituents is 1. The summed E-state index contributed by atoms with van der Waals surface area (Å²) < 4.78 is 46.8. The average molecular weight is 591 g/mol. The summed E-state index contributed by atoms with van der Waals surface area (Å²) >= 11 is 0. The number of ether oxygens (including phenoxy) is 1. The quantitative estimate of drug-likeness (QED) is 0.270. The van der Waals surface area contributed by atoms with Crippen molar-refractivity contribution in [1.82, 2.24) is 25.1 Å². The summed E-state index contributed by atoms with van der Waals surface area (Å²) in [6, 6.07) is 7.24. The van der Waals surface area contributed by atoms with Crippen molar-refractivity contribution in [2.75, 3.05) is 25.0 Å². The minimum absolute atomic E-state index is 0.0214. The second-order valence-electron chi connectivity index (χ2n) is 11.2. The molecule has 0 bridgehead atoms. The zero-order chi connectivity index (χ0) is 29.9. The van der Waals surface area contributed by atoms with Crippen LogP contribution in [-0.2, 0) is 6.54 Å². The van der Waals surface area contributed by atoms with Crippen molar-refractivity contribution < 1.29 is 27.5 Å². The Hall–Kier alpha value is -4.65. The van der Waals surface area contributed by atoms with Gasteiger partial charge in [0.15, 0.2) is 0 Å². The average Bonchev–Trinajstić information content (AvgIpc) is 3.65. The first-order valence-corrected chi connectivity index (χ1v) is 14.0. The Morgan fingerprint density at radius 3 is 2.86 bits per heavy atom. The summed E-state index contributed by atoms with van der Waals surface area (Å²) in [4.78, 5) is 24.8. The van der Waals surface area contributed by atoms with E-state index in [-0.39, 0.29) is 64.2 Å². The van der Waals surface area contributed by atoms with Crippen LogP contribution < -0.4 is 15.7 Å². The summed E-state index contributed by atoms with van der Waals surface area (Å²) in [6.07, 6.45) is 1.18. The number of halogens is 2. The van der Waals surface area contributed by atoms with Crippen molar-refractivity contribution in [1.29, 1.82) is 0 Å². The molecule has 2 aromatic carbocycles. The third kappa shape index (κ3) is 4.73. The number of anilines is 1. The maximum absolute atomic E-state index is 15.1. The van der Waals surface area contributed by atoms with Gasteiger partial charge in [0.05, 0.1) is 17.6 Å². The number of benzene rings is 2. The zero-order valence-corrected chi connectivity index (χ0v) is 23.5. The summed E-state index contributed by atoms with van der Waals surface area (Å²) in [5, 5.41) is 21.9. The molecule has 5 aromatic rings. The molecule has 5 heterocycles. The fourth-order valence-corrected chi connectivity index (χ4v) is 6.44. The molecular formula is C30H28F2N6O5. The Morgan fingerprint density at radius 2 is 2.05 bits per heavy atom. The van der Waals surface area contributed by atoms with E-state index in [0.717, 1.165) is 19.4 Å². The van der Waals surface area contributed by atoms with Gasteiger partial charge in [0, 0.05) is 36.4 Å². The molecule has 11 nitrogen and oxygen atoms in total. The van der Waals surface area contributed by atoms with Gasteiger partial charge in [0.25, 0.3) is 0 Å². The van der Waals surface area contributed by atoms with Gasteiger partial charge in [-0.05, 0) is 49.9 Å². The van der Waals surface area contributed by atoms with Crippen molar-refractivity contribution in [2.24, 2.45) is 0 Å². The van der Waals surface area contributed by atoms with Gasteiger partial charge in [0.1, 0.15) is 41.3 Å². The van der Waals surface area contributed by atoms with Crippen molar-refractivity contribution in [3.63, 3.8) is 0 Å². The highest BCUT2D eigenvalue weighted by molar-refractivity contribution is 6.00. The Kier molecular flexibility index (Phi) is 6.49. The second-order valence-corrected chi connectivity index (χ2v) is 11.2. The van der Waals surface area contributed by atoms with Crippen molar-refractivity contribution in [3.8, 4) is 23.1 Å². The fraction of sp³-hybridized carbons (Fsp3) is 0.367. The number of aromatic hydroxyl groups is 1. The monoisotopic (exact) mass is 590 g/mol. The molecule has 222 valence electrons. The van der Waals surface area contributed by atoms with E-state index in [1.54, 1.807) is 19.9 Å². The molecule has 0 aliphatic carbocycles. The van der Waals surface area contributed by atoms with Gasteiger partial charge in [-0.25, -0.2) is 13.6 Å². The van der Waals surface area contributed by atoms with Crippen molar-refractivity contribution in [3.05, 3.63) is 63.9 Å². The maximum Gasteiger partial charge on any atom is 0.349 e. The second kappa shape index (κ2) is 10.3. The molecule has 2 fully saturated rings. The fourth-order valence-electron chi connectivity index (χ4n) is 6.44. The number of fused-ring (bicyclic) bond motifs is 3. The van der Waals surface area contributed by atoms with E-state index in [4.69, 9.17) is 13.6 Å². The van der Waals surface area contributed by atoms with Crippen LogP contribution in [0, 0.1) is 19.7 Å². The number of alkyl halides is 1. The number of hydrogen-bond donors (Lipinski definition) is 2. The van der Waals surface area contributed by atoms with E-state index >= 15 is 4.39 Å². The Balaban J connectivity index is 1.36. The predicted molar refractivity (Wildman–Crippen MR) is 152 cm³/mol. The lowest BCUT2D eigenvalue weighted by atomic mass is 9.95. The molecule has 3 aromatic heterocycles. The van der Waals surface area contributed by atoms with E-state index in [2.05, 4.69) is 30.4 Å². The highest BCUT2D eigenvalue weighted by Gasteiger charge is 2.49. The van der Waals surface area contributed by atoms with E-state index in [9.17, 15) is 14.3 Å². The van der Waals surface area contributed by atoms with Crippen LogP contribution >= 0.6 is 0 Å². The molecule has 43 heavy (non-hydrogen) atoms. The number of rotatable bonds is 7. The lowest BCUT2D eigenvalue weighted by Gasteiger charge is -2.30. The van der Waals surface area contributed by atoms with Crippen LogP contribution in [-0.4, -0.2) is 61.6 Å². The smallest absolute Gasteiger partial charge is 0.349 e. The molecule has 2 aliphatic heterocycles. The third-order valence-corrected chi connectivity index (χ3v) is 8.34. The van der Waals surface area contributed by atoms with E-state index in [1.165, 1.54) is 24.3 Å². The van der Waals surface area contributed by atoms with Crippen molar-refractivity contribution >= 4 is 27.5 Å². The number of hydrogen-bond acceptors (Lipinski definition) is 11. The highest BCUT2D eigenvalue weighted by atomic mass is 19.1. The third-order valence-electron chi connectivity index (χ3n) is 8.34. The van der Waals surface area contributed by atoms with Crippen LogP contribution in [0.5, 0.6) is 11.8 Å². The van der Waals surface area contributed by atoms with Gasteiger partial charge >= 0.3 is 11.6 Å².